The molecule has 1 aromatic heterocycles. The predicted octanol–water partition coefficient (Wildman–Crippen LogP) is 2.98. The summed E-state index contributed by atoms with van der Waals surface area (Å²) in [6.45, 7) is 1.42. The van der Waals surface area contributed by atoms with Gasteiger partial charge in [-0.15, -0.1) is 0 Å². The van der Waals surface area contributed by atoms with E-state index in [1.54, 1.807) is 17.9 Å². The number of hydrogen-bond donors (Lipinski definition) is 1. The number of amides is 1. The highest BCUT2D eigenvalue weighted by Crippen LogP contribution is 2.26. The number of methoxy groups -OCH3 is 1. The number of para-hydroxylation sites is 1. The van der Waals surface area contributed by atoms with Crippen molar-refractivity contribution in [3.63, 3.8) is 0 Å². The summed E-state index contributed by atoms with van der Waals surface area (Å²) in [4.78, 5) is 23.0. The van der Waals surface area contributed by atoms with Gasteiger partial charge in [0.25, 0.3) is 5.91 Å². The SMILES string of the molecule is COc1ccc(-c2nn(-c3ccccc3)cc2/C=C/C(=O)O[C@H](C)C(N)=O)cc1. The van der Waals surface area contributed by atoms with E-state index in [0.29, 0.717) is 11.3 Å². The van der Waals surface area contributed by atoms with Crippen LogP contribution in [0.2, 0.25) is 0 Å². The van der Waals surface area contributed by atoms with E-state index in [-0.39, 0.29) is 0 Å². The van der Waals surface area contributed by atoms with E-state index in [9.17, 15) is 9.59 Å². The number of esters is 1. The summed E-state index contributed by atoms with van der Waals surface area (Å²) >= 11 is 0. The van der Waals surface area contributed by atoms with Crippen LogP contribution in [-0.4, -0.2) is 34.9 Å². The first-order valence-electron chi connectivity index (χ1n) is 8.95. The molecule has 0 bridgehead atoms. The van der Waals surface area contributed by atoms with E-state index in [4.69, 9.17) is 15.2 Å². The van der Waals surface area contributed by atoms with E-state index in [2.05, 4.69) is 5.10 Å². The van der Waals surface area contributed by atoms with Crippen LogP contribution in [0.15, 0.2) is 66.9 Å². The standard InChI is InChI=1S/C22H21N3O4/c1-15(22(23)27)29-20(26)13-10-17-14-25(18-6-4-3-5-7-18)24-21(17)16-8-11-19(28-2)12-9-16/h3-15H,1-2H3,(H2,23,27)/b13-10+/t15-/m1/s1. The van der Waals surface area contributed by atoms with E-state index < -0.39 is 18.0 Å². The molecule has 1 heterocycles. The maximum atomic E-state index is 12.0. The minimum absolute atomic E-state index is 0.663. The Bertz CT molecular complexity index is 1020. The number of nitrogens with two attached hydrogens (primary N) is 1. The van der Waals surface area contributed by atoms with Gasteiger partial charge < -0.3 is 15.2 Å². The molecule has 148 valence electrons. The van der Waals surface area contributed by atoms with Crippen molar-refractivity contribution in [2.24, 2.45) is 5.73 Å². The maximum Gasteiger partial charge on any atom is 0.331 e. The first kappa shape index (κ1) is 19.9. The third kappa shape index (κ3) is 4.90. The second kappa shape index (κ2) is 8.88. The molecule has 0 saturated heterocycles. The molecule has 0 aliphatic rings. The van der Waals surface area contributed by atoms with Gasteiger partial charge in [0, 0.05) is 23.4 Å². The number of nitrogens with zero attached hydrogens (tertiary/aromatic N) is 2. The molecule has 0 aliphatic carbocycles. The third-order valence-corrected chi connectivity index (χ3v) is 4.22. The van der Waals surface area contributed by atoms with Gasteiger partial charge in [-0.1, -0.05) is 18.2 Å². The summed E-state index contributed by atoms with van der Waals surface area (Å²) in [7, 11) is 1.60. The fraction of sp³-hybridized carbons (Fsp3) is 0.136. The zero-order valence-electron chi connectivity index (χ0n) is 16.1. The molecule has 2 aromatic carbocycles. The minimum atomic E-state index is -1.000. The first-order valence-corrected chi connectivity index (χ1v) is 8.95. The van der Waals surface area contributed by atoms with Crippen molar-refractivity contribution in [2.45, 2.75) is 13.0 Å². The number of hydrogen-bond acceptors (Lipinski definition) is 5. The van der Waals surface area contributed by atoms with Crippen molar-refractivity contribution in [3.05, 3.63) is 72.4 Å². The Hall–Kier alpha value is -3.87. The van der Waals surface area contributed by atoms with Crippen LogP contribution >= 0.6 is 0 Å². The summed E-state index contributed by atoms with van der Waals surface area (Å²) in [5, 5.41) is 4.67. The van der Waals surface area contributed by atoms with E-state index >= 15 is 0 Å². The second-order valence-electron chi connectivity index (χ2n) is 6.26. The molecule has 0 aliphatic heterocycles. The summed E-state index contributed by atoms with van der Waals surface area (Å²) in [5.41, 5.74) is 8.26. The molecule has 1 amide bonds. The van der Waals surface area contributed by atoms with E-state index in [1.165, 1.54) is 13.0 Å². The molecule has 0 spiro atoms. The summed E-state index contributed by atoms with van der Waals surface area (Å²) in [5.74, 6) is -0.635. The predicted molar refractivity (Wildman–Crippen MR) is 109 cm³/mol. The fourth-order valence-electron chi connectivity index (χ4n) is 2.62. The average Bonchev–Trinajstić information content (AvgIpc) is 3.17. The maximum absolute atomic E-state index is 12.0. The van der Waals surface area contributed by atoms with Gasteiger partial charge in [0.05, 0.1) is 18.5 Å². The third-order valence-electron chi connectivity index (χ3n) is 4.22. The molecule has 29 heavy (non-hydrogen) atoms. The first-order chi connectivity index (χ1) is 14.0. The second-order valence-corrected chi connectivity index (χ2v) is 6.26. The van der Waals surface area contributed by atoms with Crippen molar-refractivity contribution in [1.29, 1.82) is 0 Å². The topological polar surface area (TPSA) is 96.4 Å². The molecule has 1 atom stereocenters. The Labute approximate surface area is 168 Å². The Kier molecular flexibility index (Phi) is 6.09. The highest BCUT2D eigenvalue weighted by atomic mass is 16.5. The summed E-state index contributed by atoms with van der Waals surface area (Å²) < 4.78 is 11.9. The number of carbonyl (C=O) groups is 2. The lowest BCUT2D eigenvalue weighted by atomic mass is 10.1. The van der Waals surface area contributed by atoms with Crippen molar-refractivity contribution in [1.82, 2.24) is 9.78 Å². The Morgan fingerprint density at radius 2 is 1.79 bits per heavy atom. The van der Waals surface area contributed by atoms with Gasteiger partial charge in [0.1, 0.15) is 5.75 Å². The zero-order chi connectivity index (χ0) is 20.8. The molecule has 3 aromatic rings. The van der Waals surface area contributed by atoms with Crippen LogP contribution in [0.25, 0.3) is 23.0 Å². The smallest absolute Gasteiger partial charge is 0.331 e. The quantitative estimate of drug-likeness (QED) is 0.493. The van der Waals surface area contributed by atoms with Crippen LogP contribution in [-0.2, 0) is 14.3 Å². The molecule has 3 rings (SSSR count). The number of benzene rings is 2. The highest BCUT2D eigenvalue weighted by molar-refractivity contribution is 5.91. The molecule has 7 nitrogen and oxygen atoms in total. The fourth-order valence-corrected chi connectivity index (χ4v) is 2.62. The van der Waals surface area contributed by atoms with Crippen molar-refractivity contribution < 1.29 is 19.1 Å². The van der Waals surface area contributed by atoms with Gasteiger partial charge in [0.2, 0.25) is 0 Å². The summed E-state index contributed by atoms with van der Waals surface area (Å²) in [6, 6.07) is 17.1. The number of aromatic nitrogens is 2. The van der Waals surface area contributed by atoms with Crippen LogP contribution in [0.5, 0.6) is 5.75 Å². The highest BCUT2D eigenvalue weighted by Gasteiger charge is 2.14. The van der Waals surface area contributed by atoms with Gasteiger partial charge in [-0.2, -0.15) is 5.10 Å². The Morgan fingerprint density at radius 1 is 1.10 bits per heavy atom. The van der Waals surface area contributed by atoms with E-state index in [1.807, 2.05) is 60.8 Å². The average molecular weight is 391 g/mol. The lowest BCUT2D eigenvalue weighted by Crippen LogP contribution is -2.29. The zero-order valence-corrected chi connectivity index (χ0v) is 16.1. The normalized spacial score (nSPS) is 11.9. The lowest BCUT2D eigenvalue weighted by molar-refractivity contribution is -0.148. The molecule has 0 saturated carbocycles. The van der Waals surface area contributed by atoms with Gasteiger partial charge in [-0.3, -0.25) is 4.79 Å². The Balaban J connectivity index is 1.95. The molecule has 2 N–H and O–H groups in total. The molecule has 0 fully saturated rings. The summed E-state index contributed by atoms with van der Waals surface area (Å²) in [6.07, 6.45) is 3.66. The van der Waals surface area contributed by atoms with Crippen molar-refractivity contribution in [2.75, 3.05) is 7.11 Å². The molecular formula is C22H21N3O4. The van der Waals surface area contributed by atoms with Gasteiger partial charge in [-0.25, -0.2) is 9.48 Å². The number of carbonyl (C=O) groups excluding carboxylic acids is 2. The van der Waals surface area contributed by atoms with Crippen LogP contribution in [0.1, 0.15) is 12.5 Å². The van der Waals surface area contributed by atoms with Crippen LogP contribution in [0, 0.1) is 0 Å². The van der Waals surface area contributed by atoms with E-state index in [0.717, 1.165) is 17.0 Å². The number of rotatable bonds is 7. The lowest BCUT2D eigenvalue weighted by Gasteiger charge is -2.06. The monoisotopic (exact) mass is 391 g/mol. The van der Waals surface area contributed by atoms with Gasteiger partial charge >= 0.3 is 5.97 Å². The Morgan fingerprint density at radius 3 is 2.41 bits per heavy atom. The number of primary amides is 1. The molecular weight excluding hydrogens is 370 g/mol. The minimum Gasteiger partial charge on any atom is -0.497 e. The van der Waals surface area contributed by atoms with Gasteiger partial charge in [0.15, 0.2) is 6.10 Å². The van der Waals surface area contributed by atoms with Gasteiger partial charge in [-0.05, 0) is 49.4 Å². The van der Waals surface area contributed by atoms with Crippen LogP contribution < -0.4 is 10.5 Å². The molecule has 0 unspecified atom stereocenters. The van der Waals surface area contributed by atoms with Crippen molar-refractivity contribution in [3.8, 4) is 22.7 Å². The molecule has 0 radical (unpaired) electrons. The van der Waals surface area contributed by atoms with Crippen LogP contribution in [0.4, 0.5) is 0 Å². The molecule has 7 heteroatoms. The van der Waals surface area contributed by atoms with Crippen LogP contribution in [0.3, 0.4) is 0 Å². The largest absolute Gasteiger partial charge is 0.497 e. The van der Waals surface area contributed by atoms with Crippen molar-refractivity contribution >= 4 is 18.0 Å². The number of ether oxygens (including phenoxy) is 2.